The molecule has 0 bridgehead atoms. The van der Waals surface area contributed by atoms with E-state index in [1.807, 2.05) is 17.3 Å². The highest BCUT2D eigenvalue weighted by molar-refractivity contribution is 5.97. The number of aryl methyl sites for hydroxylation is 1. The summed E-state index contributed by atoms with van der Waals surface area (Å²) in [5.74, 6) is 1.40. The molecule has 28 heavy (non-hydrogen) atoms. The van der Waals surface area contributed by atoms with Gasteiger partial charge < -0.3 is 14.4 Å². The van der Waals surface area contributed by atoms with Gasteiger partial charge in [0.25, 0.3) is 5.91 Å². The van der Waals surface area contributed by atoms with Crippen LogP contribution in [0.4, 0.5) is 0 Å². The number of carbonyl (C=O) groups excluding carboxylic acids is 2. The Labute approximate surface area is 167 Å². The summed E-state index contributed by atoms with van der Waals surface area (Å²) in [5.41, 5.74) is 1.27. The van der Waals surface area contributed by atoms with Gasteiger partial charge in [-0.25, -0.2) is 4.98 Å². The Kier molecular flexibility index (Phi) is 6.62. The van der Waals surface area contributed by atoms with Gasteiger partial charge in [0.15, 0.2) is 5.78 Å². The summed E-state index contributed by atoms with van der Waals surface area (Å²) in [4.78, 5) is 33.1. The number of carbonyl (C=O) groups is 2. The number of imidazole rings is 1. The van der Waals surface area contributed by atoms with E-state index in [4.69, 9.17) is 0 Å². The van der Waals surface area contributed by atoms with Gasteiger partial charge in [-0.1, -0.05) is 12.1 Å². The molecule has 1 fully saturated rings. The van der Waals surface area contributed by atoms with Crippen LogP contribution in [0.2, 0.25) is 0 Å². The number of aromatic nitrogens is 2. The van der Waals surface area contributed by atoms with Gasteiger partial charge in [0.1, 0.15) is 5.82 Å². The van der Waals surface area contributed by atoms with E-state index in [1.165, 1.54) is 6.92 Å². The van der Waals surface area contributed by atoms with Crippen LogP contribution in [-0.2, 0) is 6.54 Å². The Balaban J connectivity index is 1.66. The predicted octanol–water partition coefficient (Wildman–Crippen LogP) is 3.06. The summed E-state index contributed by atoms with van der Waals surface area (Å²) >= 11 is 0. The fraction of sp³-hybridized carbons (Fsp3) is 0.500. The molecule has 150 valence electrons. The van der Waals surface area contributed by atoms with Crippen molar-refractivity contribution in [1.82, 2.24) is 19.4 Å². The summed E-state index contributed by atoms with van der Waals surface area (Å²) in [7, 11) is 4.17. The van der Waals surface area contributed by atoms with Crippen molar-refractivity contribution in [1.29, 1.82) is 0 Å². The maximum Gasteiger partial charge on any atom is 0.253 e. The van der Waals surface area contributed by atoms with Crippen LogP contribution < -0.4 is 0 Å². The molecule has 0 spiro atoms. The lowest BCUT2D eigenvalue weighted by Crippen LogP contribution is -2.39. The fourth-order valence-electron chi connectivity index (χ4n) is 3.83. The lowest BCUT2D eigenvalue weighted by molar-refractivity contribution is 0.0703. The first kappa shape index (κ1) is 20.3. The van der Waals surface area contributed by atoms with Gasteiger partial charge in [-0.05, 0) is 59.0 Å². The van der Waals surface area contributed by atoms with Crippen molar-refractivity contribution in [3.05, 3.63) is 53.6 Å². The van der Waals surface area contributed by atoms with Gasteiger partial charge in [0, 0.05) is 49.1 Å². The van der Waals surface area contributed by atoms with Gasteiger partial charge in [-0.15, -0.1) is 0 Å². The number of hydrogen-bond donors (Lipinski definition) is 0. The molecule has 0 radical (unpaired) electrons. The molecule has 1 atom stereocenters. The fourth-order valence-corrected chi connectivity index (χ4v) is 3.83. The quantitative estimate of drug-likeness (QED) is 0.691. The molecule has 2 heterocycles. The zero-order chi connectivity index (χ0) is 20.1. The standard InChI is InChI=1S/C22H30N4O2/c1-17(27)18-7-9-19(10-8-18)22(28)26-13-4-6-20(16-26)21-23-11-15-25(21)14-5-12-24(2)3/h7-11,15,20H,4-6,12-14,16H2,1-3H3. The van der Waals surface area contributed by atoms with E-state index in [0.29, 0.717) is 17.7 Å². The Hall–Kier alpha value is -2.47. The molecule has 6 heteroatoms. The summed E-state index contributed by atoms with van der Waals surface area (Å²) < 4.78 is 2.24. The summed E-state index contributed by atoms with van der Waals surface area (Å²) in [6, 6.07) is 6.97. The van der Waals surface area contributed by atoms with Crippen LogP contribution in [0.15, 0.2) is 36.7 Å². The number of rotatable bonds is 7. The zero-order valence-electron chi connectivity index (χ0n) is 17.1. The van der Waals surface area contributed by atoms with E-state index >= 15 is 0 Å². The Bertz CT molecular complexity index is 810. The van der Waals surface area contributed by atoms with E-state index in [0.717, 1.165) is 44.7 Å². The van der Waals surface area contributed by atoms with E-state index in [2.05, 4.69) is 28.5 Å². The van der Waals surface area contributed by atoms with E-state index in [-0.39, 0.29) is 17.6 Å². The predicted molar refractivity (Wildman–Crippen MR) is 110 cm³/mol. The largest absolute Gasteiger partial charge is 0.338 e. The molecule has 2 aromatic rings. The summed E-state index contributed by atoms with van der Waals surface area (Å²) in [5, 5.41) is 0. The van der Waals surface area contributed by atoms with Crippen molar-refractivity contribution in [2.24, 2.45) is 0 Å². The minimum Gasteiger partial charge on any atom is -0.338 e. The minimum absolute atomic E-state index is 0.0122. The highest BCUT2D eigenvalue weighted by Crippen LogP contribution is 2.27. The number of amides is 1. The van der Waals surface area contributed by atoms with Gasteiger partial charge in [-0.2, -0.15) is 0 Å². The van der Waals surface area contributed by atoms with Crippen molar-refractivity contribution >= 4 is 11.7 Å². The average Bonchev–Trinajstić information content (AvgIpc) is 3.16. The number of hydrogen-bond acceptors (Lipinski definition) is 4. The van der Waals surface area contributed by atoms with Gasteiger partial charge in [0.2, 0.25) is 0 Å². The van der Waals surface area contributed by atoms with Crippen molar-refractivity contribution < 1.29 is 9.59 Å². The van der Waals surface area contributed by atoms with Crippen LogP contribution in [0.25, 0.3) is 0 Å². The molecule has 0 N–H and O–H groups in total. The molecule has 1 aliphatic rings. The van der Waals surface area contributed by atoms with Crippen molar-refractivity contribution in [2.45, 2.75) is 38.6 Å². The maximum absolute atomic E-state index is 12.9. The van der Waals surface area contributed by atoms with Crippen molar-refractivity contribution in [3.63, 3.8) is 0 Å². The SMILES string of the molecule is CC(=O)c1ccc(C(=O)N2CCCC(c3nccn3CCCN(C)C)C2)cc1. The lowest BCUT2D eigenvalue weighted by atomic mass is 9.96. The lowest BCUT2D eigenvalue weighted by Gasteiger charge is -2.33. The first-order chi connectivity index (χ1) is 13.5. The number of ketones is 1. The van der Waals surface area contributed by atoms with Gasteiger partial charge in [0.05, 0.1) is 0 Å². The van der Waals surface area contributed by atoms with Crippen molar-refractivity contribution in [2.75, 3.05) is 33.7 Å². The van der Waals surface area contributed by atoms with Crippen LogP contribution in [-0.4, -0.2) is 64.8 Å². The molecule has 0 saturated carbocycles. The van der Waals surface area contributed by atoms with Crippen LogP contribution in [0, 0.1) is 0 Å². The molecule has 1 unspecified atom stereocenters. The zero-order valence-corrected chi connectivity index (χ0v) is 17.1. The average molecular weight is 383 g/mol. The Morgan fingerprint density at radius 1 is 1.18 bits per heavy atom. The summed E-state index contributed by atoms with van der Waals surface area (Å²) in [6.45, 7) is 4.99. The molecule has 3 rings (SSSR count). The third-order valence-corrected chi connectivity index (χ3v) is 5.36. The molecule has 1 aromatic carbocycles. The number of Topliss-reactive ketones (excluding diaryl/α,β-unsaturated/α-hetero) is 1. The smallest absolute Gasteiger partial charge is 0.253 e. The summed E-state index contributed by atoms with van der Waals surface area (Å²) in [6.07, 6.45) is 7.02. The van der Waals surface area contributed by atoms with Crippen LogP contribution >= 0.6 is 0 Å². The second-order valence-electron chi connectivity index (χ2n) is 7.86. The Morgan fingerprint density at radius 3 is 2.57 bits per heavy atom. The first-order valence-electron chi connectivity index (χ1n) is 10.0. The van der Waals surface area contributed by atoms with Crippen molar-refractivity contribution in [3.8, 4) is 0 Å². The molecular weight excluding hydrogens is 352 g/mol. The number of benzene rings is 1. The normalized spacial score (nSPS) is 17.1. The van der Waals surface area contributed by atoms with Gasteiger partial charge in [-0.3, -0.25) is 9.59 Å². The Morgan fingerprint density at radius 2 is 1.89 bits per heavy atom. The molecule has 0 aliphatic carbocycles. The topological polar surface area (TPSA) is 58.4 Å². The third-order valence-electron chi connectivity index (χ3n) is 5.36. The monoisotopic (exact) mass is 382 g/mol. The molecule has 1 amide bonds. The van der Waals surface area contributed by atoms with Crippen LogP contribution in [0.3, 0.4) is 0 Å². The van der Waals surface area contributed by atoms with E-state index < -0.39 is 0 Å². The number of nitrogens with zero attached hydrogens (tertiary/aromatic N) is 4. The van der Waals surface area contributed by atoms with E-state index in [1.54, 1.807) is 24.3 Å². The molecule has 1 aromatic heterocycles. The molecule has 6 nitrogen and oxygen atoms in total. The maximum atomic E-state index is 12.9. The minimum atomic E-state index is 0.0122. The second kappa shape index (κ2) is 9.15. The van der Waals surface area contributed by atoms with Crippen LogP contribution in [0.1, 0.15) is 58.6 Å². The molecule has 1 saturated heterocycles. The highest BCUT2D eigenvalue weighted by Gasteiger charge is 2.28. The van der Waals surface area contributed by atoms with Crippen LogP contribution in [0.5, 0.6) is 0 Å². The number of likely N-dealkylation sites (tertiary alicyclic amines) is 1. The third kappa shape index (κ3) is 4.87. The number of piperidine rings is 1. The van der Waals surface area contributed by atoms with E-state index in [9.17, 15) is 9.59 Å². The van der Waals surface area contributed by atoms with Gasteiger partial charge >= 0.3 is 0 Å². The molecular formula is C22H30N4O2. The first-order valence-corrected chi connectivity index (χ1v) is 10.0. The second-order valence-corrected chi connectivity index (χ2v) is 7.86. The molecule has 1 aliphatic heterocycles. The highest BCUT2D eigenvalue weighted by atomic mass is 16.2.